The Labute approximate surface area is 216 Å². The predicted octanol–water partition coefficient (Wildman–Crippen LogP) is 6.43. The lowest BCUT2D eigenvalue weighted by atomic mass is 10.1. The minimum Gasteiger partial charge on any atom is -0.534 e. The molecule has 0 atom stereocenters. The van der Waals surface area contributed by atoms with Crippen molar-refractivity contribution in [3.63, 3.8) is 0 Å². The molecule has 0 radical (unpaired) electrons. The van der Waals surface area contributed by atoms with Gasteiger partial charge in [0.25, 0.3) is 0 Å². The third-order valence-corrected chi connectivity index (χ3v) is 11.5. The van der Waals surface area contributed by atoms with Crippen molar-refractivity contribution >= 4 is 18.7 Å². The molecule has 0 saturated carbocycles. The summed E-state index contributed by atoms with van der Waals surface area (Å²) in [4.78, 5) is 0. The van der Waals surface area contributed by atoms with Gasteiger partial charge in [0.1, 0.15) is 11.4 Å². The minimum absolute atomic E-state index is 0.135. The van der Waals surface area contributed by atoms with Crippen LogP contribution in [0.5, 0.6) is 23.0 Å². The second-order valence-electron chi connectivity index (χ2n) is 10.6. The summed E-state index contributed by atoms with van der Waals surface area (Å²) >= 11 is 0. The van der Waals surface area contributed by atoms with Gasteiger partial charge in [0, 0.05) is 11.6 Å². The maximum absolute atomic E-state index is 7.39. The first-order valence-electron chi connectivity index (χ1n) is 12.3. The molecule has 1 aliphatic rings. The molecule has 0 aliphatic carbocycles. The first-order valence-corrected chi connectivity index (χ1v) is 14.2. The summed E-state index contributed by atoms with van der Waals surface area (Å²) in [6, 6.07) is 23.1. The number of allylic oxidation sites excluding steroid dienone is 1. The molecule has 0 amide bonds. The largest absolute Gasteiger partial charge is 0.534 e. The van der Waals surface area contributed by atoms with Crippen molar-refractivity contribution in [2.45, 2.75) is 51.7 Å². The first-order chi connectivity index (χ1) is 17.1. The van der Waals surface area contributed by atoms with Gasteiger partial charge in [-0.05, 0) is 41.8 Å². The van der Waals surface area contributed by atoms with E-state index in [0.717, 1.165) is 11.3 Å². The van der Waals surface area contributed by atoms with Gasteiger partial charge < -0.3 is 18.6 Å². The molecule has 0 bridgehead atoms. The van der Waals surface area contributed by atoms with Gasteiger partial charge in [0.2, 0.25) is 12.5 Å². The lowest BCUT2D eigenvalue weighted by molar-refractivity contribution is 0.141. The minimum atomic E-state index is -2.88. The summed E-state index contributed by atoms with van der Waals surface area (Å²) in [7, 11) is -2.88. The number of rotatable bonds is 9. The Morgan fingerprint density at radius 1 is 0.889 bits per heavy atom. The highest BCUT2D eigenvalue weighted by Crippen LogP contribution is 2.51. The number of hydrogen-bond donors (Lipinski definition) is 0. The van der Waals surface area contributed by atoms with Crippen LogP contribution in [-0.2, 0) is 6.42 Å². The average molecular weight is 501 g/mol. The van der Waals surface area contributed by atoms with Gasteiger partial charge in [-0.2, -0.15) is 0 Å². The Hall–Kier alpha value is -3.44. The number of hydrogen-bond acceptors (Lipinski definition) is 4. The lowest BCUT2D eigenvalue weighted by Gasteiger charge is -2.43. The van der Waals surface area contributed by atoms with Crippen molar-refractivity contribution in [3.8, 4) is 23.0 Å². The van der Waals surface area contributed by atoms with Crippen LogP contribution < -0.4 is 29.0 Å². The zero-order valence-corrected chi connectivity index (χ0v) is 23.0. The van der Waals surface area contributed by atoms with E-state index in [2.05, 4.69) is 82.5 Å². The smallest absolute Gasteiger partial charge is 0.319 e. The summed E-state index contributed by atoms with van der Waals surface area (Å²) in [5.74, 6) is 2.55. The van der Waals surface area contributed by atoms with Crippen LogP contribution in [0.2, 0.25) is 5.04 Å². The molecule has 188 valence electrons. The van der Waals surface area contributed by atoms with E-state index < -0.39 is 13.9 Å². The van der Waals surface area contributed by atoms with E-state index in [1.165, 1.54) is 10.4 Å². The standard InChI is InChI=1S/C31H36O4Si/c1-8-16-25-26(21-27-29(33-22-32-27)28(25)34-31(6,7)9-2)35-36(30(3,4)5,23-17-12-10-13-18-23)24-19-14-11-15-20-24/h8-15,17-21H,1-2,16,22H2,3-7H3. The van der Waals surface area contributed by atoms with Gasteiger partial charge >= 0.3 is 8.32 Å². The Balaban J connectivity index is 2.01. The fourth-order valence-electron chi connectivity index (χ4n) is 4.68. The van der Waals surface area contributed by atoms with Gasteiger partial charge in [-0.25, -0.2) is 0 Å². The number of ether oxygens (including phenoxy) is 3. The molecule has 0 aromatic heterocycles. The maximum Gasteiger partial charge on any atom is 0.319 e. The molecule has 3 aromatic rings. The number of fused-ring (bicyclic) bond motifs is 1. The molecule has 4 rings (SSSR count). The SMILES string of the molecule is C=CCc1c(O[Si](c2ccccc2)(c2ccccc2)C(C)(C)C)cc2c(c1OC(C)(C)C=C)OCO2. The fraction of sp³-hybridized carbons (Fsp3) is 0.290. The highest BCUT2D eigenvalue weighted by Gasteiger charge is 2.52. The second kappa shape index (κ2) is 9.90. The highest BCUT2D eigenvalue weighted by atomic mass is 28.4. The van der Waals surface area contributed by atoms with Gasteiger partial charge in [-0.3, -0.25) is 0 Å². The van der Waals surface area contributed by atoms with E-state index in [0.29, 0.717) is 23.7 Å². The molecule has 0 unspecified atom stereocenters. The Kier molecular flexibility index (Phi) is 7.05. The summed E-state index contributed by atoms with van der Waals surface area (Å²) in [6.45, 7) is 18.8. The van der Waals surface area contributed by atoms with Crippen LogP contribution in [0.25, 0.3) is 0 Å². The Bertz CT molecular complexity index is 1190. The van der Waals surface area contributed by atoms with Crippen LogP contribution in [0, 0.1) is 0 Å². The van der Waals surface area contributed by atoms with E-state index in [4.69, 9.17) is 18.6 Å². The van der Waals surface area contributed by atoms with Gasteiger partial charge in [-0.1, -0.05) is 94.1 Å². The molecule has 1 heterocycles. The molecule has 5 heteroatoms. The van der Waals surface area contributed by atoms with Gasteiger partial charge in [0.05, 0.1) is 0 Å². The summed E-state index contributed by atoms with van der Waals surface area (Å²) in [5.41, 5.74) is 0.267. The van der Waals surface area contributed by atoms with E-state index in [1.807, 2.05) is 38.1 Å². The molecule has 1 aliphatic heterocycles. The van der Waals surface area contributed by atoms with Crippen molar-refractivity contribution in [3.05, 3.63) is 97.6 Å². The van der Waals surface area contributed by atoms with Crippen molar-refractivity contribution in [2.24, 2.45) is 0 Å². The van der Waals surface area contributed by atoms with Crippen molar-refractivity contribution in [2.75, 3.05) is 6.79 Å². The summed E-state index contributed by atoms with van der Waals surface area (Å²) < 4.78 is 25.6. The number of benzene rings is 3. The molecule has 4 nitrogen and oxygen atoms in total. The van der Waals surface area contributed by atoms with E-state index in [9.17, 15) is 0 Å². The average Bonchev–Trinajstić information content (AvgIpc) is 3.33. The second-order valence-corrected chi connectivity index (χ2v) is 14.8. The van der Waals surface area contributed by atoms with Gasteiger partial charge in [-0.15, -0.1) is 6.58 Å². The van der Waals surface area contributed by atoms with E-state index >= 15 is 0 Å². The van der Waals surface area contributed by atoms with Crippen molar-refractivity contribution < 1.29 is 18.6 Å². The first kappa shape index (κ1) is 25.6. The molecular weight excluding hydrogens is 464 g/mol. The fourth-order valence-corrected chi connectivity index (χ4v) is 9.13. The quantitative estimate of drug-likeness (QED) is 0.251. The third-order valence-electron chi connectivity index (χ3n) is 6.57. The monoisotopic (exact) mass is 500 g/mol. The summed E-state index contributed by atoms with van der Waals surface area (Å²) in [6.07, 6.45) is 4.19. The normalized spacial score (nSPS) is 13.2. The molecular formula is C31H36O4Si. The van der Waals surface area contributed by atoms with Crippen molar-refractivity contribution in [1.29, 1.82) is 0 Å². The zero-order chi connectivity index (χ0) is 26.0. The van der Waals surface area contributed by atoms with Crippen molar-refractivity contribution in [1.82, 2.24) is 0 Å². The Morgan fingerprint density at radius 2 is 1.47 bits per heavy atom. The zero-order valence-electron chi connectivity index (χ0n) is 22.0. The van der Waals surface area contributed by atoms with Gasteiger partial charge in [0.15, 0.2) is 11.5 Å². The van der Waals surface area contributed by atoms with Crippen LogP contribution in [0.15, 0.2) is 92.0 Å². The highest BCUT2D eigenvalue weighted by molar-refractivity contribution is 7.00. The van der Waals surface area contributed by atoms with Crippen LogP contribution >= 0.6 is 0 Å². The molecule has 0 spiro atoms. The lowest BCUT2D eigenvalue weighted by Crippen LogP contribution is -2.68. The molecule has 0 saturated heterocycles. The molecule has 0 N–H and O–H groups in total. The van der Waals surface area contributed by atoms with E-state index in [1.54, 1.807) is 6.08 Å². The topological polar surface area (TPSA) is 36.9 Å². The third kappa shape index (κ3) is 4.68. The van der Waals surface area contributed by atoms with E-state index in [-0.39, 0.29) is 11.8 Å². The van der Waals surface area contributed by atoms with Crippen LogP contribution in [0.4, 0.5) is 0 Å². The molecule has 3 aromatic carbocycles. The maximum atomic E-state index is 7.39. The molecule has 0 fully saturated rings. The Morgan fingerprint density at radius 3 is 1.97 bits per heavy atom. The summed E-state index contributed by atoms with van der Waals surface area (Å²) in [5, 5.41) is 2.19. The van der Waals surface area contributed by atoms with Crippen LogP contribution in [0.3, 0.4) is 0 Å². The van der Waals surface area contributed by atoms with Crippen LogP contribution in [-0.4, -0.2) is 20.7 Å². The predicted molar refractivity (Wildman–Crippen MR) is 150 cm³/mol. The molecule has 36 heavy (non-hydrogen) atoms. The van der Waals surface area contributed by atoms with Crippen LogP contribution in [0.1, 0.15) is 40.2 Å².